The number of hydrogen-bond acceptors (Lipinski definition) is 5. The zero-order valence-corrected chi connectivity index (χ0v) is 14.6. The van der Waals surface area contributed by atoms with Crippen LogP contribution in [0.4, 0.5) is 18.3 Å². The number of aliphatic hydroxyl groups is 1. The number of thiazole rings is 1. The largest absolute Gasteiger partial charge is 0.416 e. The molecule has 1 aromatic heterocycles. The lowest BCUT2D eigenvalue weighted by atomic mass is 9.83. The first-order chi connectivity index (χ1) is 12.3. The van der Waals surface area contributed by atoms with Gasteiger partial charge < -0.3 is 10.4 Å². The summed E-state index contributed by atoms with van der Waals surface area (Å²) in [6, 6.07) is 4.82. The highest BCUT2D eigenvalue weighted by atomic mass is 32.1. The Hall–Kier alpha value is -1.97. The fraction of sp³-hybridized carbons (Fsp3) is 0.412. The molecule has 5 nitrogen and oxygen atoms in total. The number of anilines is 1. The molecule has 1 aliphatic rings. The van der Waals surface area contributed by atoms with Crippen molar-refractivity contribution >= 4 is 22.4 Å². The van der Waals surface area contributed by atoms with E-state index in [4.69, 9.17) is 0 Å². The van der Waals surface area contributed by atoms with E-state index >= 15 is 0 Å². The van der Waals surface area contributed by atoms with E-state index in [9.17, 15) is 23.1 Å². The van der Waals surface area contributed by atoms with Crippen molar-refractivity contribution in [2.75, 3.05) is 25.0 Å². The summed E-state index contributed by atoms with van der Waals surface area (Å²) in [6.45, 7) is 0.980. The predicted octanol–water partition coefficient (Wildman–Crippen LogP) is 3.08. The summed E-state index contributed by atoms with van der Waals surface area (Å²) in [6.07, 6.45) is -2.32. The van der Waals surface area contributed by atoms with Gasteiger partial charge in [-0.15, -0.1) is 11.3 Å². The van der Waals surface area contributed by atoms with Crippen LogP contribution >= 0.6 is 11.3 Å². The van der Waals surface area contributed by atoms with E-state index in [1.165, 1.54) is 23.5 Å². The fourth-order valence-electron chi connectivity index (χ4n) is 3.00. The third kappa shape index (κ3) is 4.40. The zero-order valence-electron chi connectivity index (χ0n) is 13.8. The minimum atomic E-state index is -4.44. The van der Waals surface area contributed by atoms with Gasteiger partial charge in [-0.1, -0.05) is 12.1 Å². The number of carbonyl (C=O) groups excluding carboxylic acids is 1. The SMILES string of the molecule is O=C(CN1CCC(O)(c2cccc(C(F)(F)F)c2)CC1)Nc1nccs1. The van der Waals surface area contributed by atoms with Gasteiger partial charge in [-0.25, -0.2) is 4.98 Å². The van der Waals surface area contributed by atoms with Crippen LogP contribution in [-0.4, -0.2) is 40.5 Å². The lowest BCUT2D eigenvalue weighted by Crippen LogP contribution is -2.45. The van der Waals surface area contributed by atoms with Crippen molar-refractivity contribution in [3.63, 3.8) is 0 Å². The van der Waals surface area contributed by atoms with Crippen LogP contribution in [0.25, 0.3) is 0 Å². The molecule has 0 unspecified atom stereocenters. The lowest BCUT2D eigenvalue weighted by molar-refractivity contribution is -0.137. The van der Waals surface area contributed by atoms with Crippen LogP contribution in [0.3, 0.4) is 0 Å². The average Bonchev–Trinajstić information content (AvgIpc) is 3.09. The van der Waals surface area contributed by atoms with Gasteiger partial charge in [0.1, 0.15) is 0 Å². The van der Waals surface area contributed by atoms with Crippen LogP contribution in [0.15, 0.2) is 35.8 Å². The molecule has 0 atom stereocenters. The average molecular weight is 385 g/mol. The normalized spacial score (nSPS) is 17.8. The molecule has 0 spiro atoms. The molecule has 2 N–H and O–H groups in total. The number of halogens is 3. The predicted molar refractivity (Wildman–Crippen MR) is 91.8 cm³/mol. The molecule has 0 radical (unpaired) electrons. The minimum absolute atomic E-state index is 0.151. The molecule has 0 saturated carbocycles. The molecule has 9 heteroatoms. The summed E-state index contributed by atoms with van der Waals surface area (Å²) in [4.78, 5) is 17.8. The van der Waals surface area contributed by atoms with Gasteiger partial charge in [0.2, 0.25) is 5.91 Å². The standard InChI is InChI=1S/C17H18F3N3O2S/c18-17(19,20)13-3-1-2-12(10-13)16(25)4-7-23(8-5-16)11-14(24)22-15-21-6-9-26-15/h1-3,6,9-10,25H,4-5,7-8,11H2,(H,21,22,24). The molecule has 3 rings (SSSR count). The third-order valence-electron chi connectivity index (χ3n) is 4.46. The number of aromatic nitrogens is 1. The Kier molecular flexibility index (Phi) is 5.31. The first-order valence-corrected chi connectivity index (χ1v) is 8.96. The van der Waals surface area contributed by atoms with Gasteiger partial charge in [0.15, 0.2) is 5.13 Å². The molecule has 1 fully saturated rings. The molecule has 1 aromatic carbocycles. The summed E-state index contributed by atoms with van der Waals surface area (Å²) in [7, 11) is 0. The van der Waals surface area contributed by atoms with Crippen LogP contribution in [0, 0.1) is 0 Å². The van der Waals surface area contributed by atoms with Crippen molar-refractivity contribution in [1.29, 1.82) is 0 Å². The Bertz CT molecular complexity index is 757. The first-order valence-electron chi connectivity index (χ1n) is 8.08. The van der Waals surface area contributed by atoms with E-state index in [2.05, 4.69) is 10.3 Å². The van der Waals surface area contributed by atoms with Crippen LogP contribution in [-0.2, 0) is 16.6 Å². The quantitative estimate of drug-likeness (QED) is 0.849. The lowest BCUT2D eigenvalue weighted by Gasteiger charge is -2.38. The van der Waals surface area contributed by atoms with E-state index < -0.39 is 17.3 Å². The molecular weight excluding hydrogens is 367 g/mol. The van der Waals surface area contributed by atoms with Crippen LogP contribution in [0.2, 0.25) is 0 Å². The van der Waals surface area contributed by atoms with Gasteiger partial charge in [0.25, 0.3) is 0 Å². The van der Waals surface area contributed by atoms with E-state index in [0.717, 1.165) is 12.1 Å². The number of hydrogen-bond donors (Lipinski definition) is 2. The number of carbonyl (C=O) groups is 1. The minimum Gasteiger partial charge on any atom is -0.385 e. The zero-order chi connectivity index (χ0) is 18.8. The van der Waals surface area contributed by atoms with Crippen molar-refractivity contribution in [3.05, 3.63) is 47.0 Å². The molecule has 2 aromatic rings. The number of benzene rings is 1. The maximum Gasteiger partial charge on any atom is 0.416 e. The molecular formula is C17H18F3N3O2S. The Morgan fingerprint density at radius 2 is 2.08 bits per heavy atom. The van der Waals surface area contributed by atoms with Crippen LogP contribution < -0.4 is 5.32 Å². The maximum absolute atomic E-state index is 12.9. The number of amides is 1. The van der Waals surface area contributed by atoms with Crippen molar-refractivity contribution in [2.24, 2.45) is 0 Å². The van der Waals surface area contributed by atoms with Crippen molar-refractivity contribution in [1.82, 2.24) is 9.88 Å². The summed E-state index contributed by atoms with van der Waals surface area (Å²) in [5, 5.41) is 15.8. The van der Waals surface area contributed by atoms with Gasteiger partial charge in [-0.3, -0.25) is 9.69 Å². The second-order valence-electron chi connectivity index (χ2n) is 6.27. The molecule has 2 heterocycles. The number of likely N-dealkylation sites (tertiary alicyclic amines) is 1. The number of alkyl halides is 3. The van der Waals surface area contributed by atoms with E-state index in [-0.39, 0.29) is 30.9 Å². The number of rotatable bonds is 4. The van der Waals surface area contributed by atoms with Crippen molar-refractivity contribution in [2.45, 2.75) is 24.6 Å². The van der Waals surface area contributed by atoms with E-state index in [0.29, 0.717) is 18.2 Å². The molecule has 0 bridgehead atoms. The van der Waals surface area contributed by atoms with Gasteiger partial charge >= 0.3 is 6.18 Å². The second kappa shape index (κ2) is 7.34. The highest BCUT2D eigenvalue weighted by molar-refractivity contribution is 7.13. The monoisotopic (exact) mass is 385 g/mol. The number of nitrogens with zero attached hydrogens (tertiary/aromatic N) is 2. The maximum atomic E-state index is 12.9. The third-order valence-corrected chi connectivity index (χ3v) is 5.14. The highest BCUT2D eigenvalue weighted by Gasteiger charge is 2.37. The summed E-state index contributed by atoms with van der Waals surface area (Å²) >= 11 is 1.32. The first kappa shape index (κ1) is 18.8. The van der Waals surface area contributed by atoms with Gasteiger partial charge in [0.05, 0.1) is 17.7 Å². The Labute approximate surface area is 152 Å². The van der Waals surface area contributed by atoms with Crippen LogP contribution in [0.1, 0.15) is 24.0 Å². The van der Waals surface area contributed by atoms with E-state index in [1.54, 1.807) is 11.6 Å². The molecule has 1 aliphatic heterocycles. The summed E-state index contributed by atoms with van der Waals surface area (Å²) in [5.41, 5.74) is -1.82. The van der Waals surface area contributed by atoms with Crippen molar-refractivity contribution < 1.29 is 23.1 Å². The molecule has 26 heavy (non-hydrogen) atoms. The Morgan fingerprint density at radius 3 is 2.69 bits per heavy atom. The van der Waals surface area contributed by atoms with Crippen molar-refractivity contribution in [3.8, 4) is 0 Å². The topological polar surface area (TPSA) is 65.5 Å². The Balaban J connectivity index is 1.59. The molecule has 140 valence electrons. The van der Waals surface area contributed by atoms with E-state index in [1.807, 2.05) is 4.90 Å². The summed E-state index contributed by atoms with van der Waals surface area (Å²) < 4.78 is 38.6. The van der Waals surface area contributed by atoms with Crippen LogP contribution in [0.5, 0.6) is 0 Å². The fourth-order valence-corrected chi connectivity index (χ4v) is 3.55. The second-order valence-corrected chi connectivity index (χ2v) is 7.17. The molecule has 1 saturated heterocycles. The smallest absolute Gasteiger partial charge is 0.385 e. The number of piperidine rings is 1. The highest BCUT2D eigenvalue weighted by Crippen LogP contribution is 2.36. The van der Waals surface area contributed by atoms with Gasteiger partial charge in [0, 0.05) is 24.7 Å². The summed E-state index contributed by atoms with van der Waals surface area (Å²) in [5.74, 6) is -0.204. The Morgan fingerprint density at radius 1 is 1.35 bits per heavy atom. The number of nitrogens with one attached hydrogen (secondary N) is 1. The molecule has 0 aliphatic carbocycles. The van der Waals surface area contributed by atoms with Gasteiger partial charge in [-0.05, 0) is 30.5 Å². The van der Waals surface area contributed by atoms with Gasteiger partial charge in [-0.2, -0.15) is 13.2 Å². The molecule has 1 amide bonds.